The number of nitrogens with zero attached hydrogens (tertiary/aromatic N) is 4. The molecular formula is C12H16N4O. The zero-order valence-corrected chi connectivity index (χ0v) is 10.1. The number of aryl methyl sites for hydroxylation is 2. The summed E-state index contributed by atoms with van der Waals surface area (Å²) in [6.07, 6.45) is 3.84. The van der Waals surface area contributed by atoms with Gasteiger partial charge in [0.2, 0.25) is 5.89 Å². The quantitative estimate of drug-likeness (QED) is 0.805. The summed E-state index contributed by atoms with van der Waals surface area (Å²) in [4.78, 5) is 6.71. The molecule has 3 rings (SSSR count). The summed E-state index contributed by atoms with van der Waals surface area (Å²) >= 11 is 0. The molecule has 5 heteroatoms. The number of rotatable bonds is 3. The van der Waals surface area contributed by atoms with Crippen LogP contribution in [0.1, 0.15) is 23.4 Å². The highest BCUT2D eigenvalue weighted by Gasteiger charge is 2.29. The van der Waals surface area contributed by atoms with E-state index in [0.29, 0.717) is 6.04 Å². The van der Waals surface area contributed by atoms with Crippen molar-refractivity contribution >= 4 is 0 Å². The lowest BCUT2D eigenvalue weighted by molar-refractivity contribution is 0.0812. The first-order valence-electron chi connectivity index (χ1n) is 5.87. The van der Waals surface area contributed by atoms with Crippen molar-refractivity contribution in [2.45, 2.75) is 26.4 Å². The Kier molecular flexibility index (Phi) is 2.48. The van der Waals surface area contributed by atoms with Gasteiger partial charge >= 0.3 is 0 Å². The number of aromatic nitrogens is 3. The highest BCUT2D eigenvalue weighted by molar-refractivity contribution is 5.05. The standard InChI is InChI=1S/C12H16N4O/c1-9-10(2)17-12(14-9)8-15-6-11(7-15)16-5-3-4-13-16/h3-5,11H,6-8H2,1-2H3. The second-order valence-electron chi connectivity index (χ2n) is 4.58. The molecule has 0 bridgehead atoms. The number of hydrogen-bond donors (Lipinski definition) is 0. The van der Waals surface area contributed by atoms with Crippen molar-refractivity contribution in [3.63, 3.8) is 0 Å². The minimum atomic E-state index is 0.502. The van der Waals surface area contributed by atoms with Crippen LogP contribution in [0, 0.1) is 13.8 Å². The van der Waals surface area contributed by atoms with Gasteiger partial charge in [-0.2, -0.15) is 5.10 Å². The Hall–Kier alpha value is -1.62. The zero-order valence-electron chi connectivity index (χ0n) is 10.1. The van der Waals surface area contributed by atoms with Gasteiger partial charge in [-0.3, -0.25) is 9.58 Å². The van der Waals surface area contributed by atoms with Crippen LogP contribution in [0.4, 0.5) is 0 Å². The van der Waals surface area contributed by atoms with Gasteiger partial charge in [-0.05, 0) is 19.9 Å². The van der Waals surface area contributed by atoms with Crippen molar-refractivity contribution in [1.29, 1.82) is 0 Å². The molecule has 0 saturated carbocycles. The predicted molar refractivity (Wildman–Crippen MR) is 62.5 cm³/mol. The van der Waals surface area contributed by atoms with Crippen LogP contribution < -0.4 is 0 Å². The molecule has 3 heterocycles. The van der Waals surface area contributed by atoms with Gasteiger partial charge in [-0.15, -0.1) is 0 Å². The minimum Gasteiger partial charge on any atom is -0.444 e. The van der Waals surface area contributed by atoms with Crippen LogP contribution in [0.2, 0.25) is 0 Å². The van der Waals surface area contributed by atoms with Crippen LogP contribution in [-0.2, 0) is 6.54 Å². The van der Waals surface area contributed by atoms with E-state index in [1.54, 1.807) is 0 Å². The third-order valence-electron chi connectivity index (χ3n) is 3.27. The van der Waals surface area contributed by atoms with E-state index in [0.717, 1.165) is 37.0 Å². The van der Waals surface area contributed by atoms with E-state index >= 15 is 0 Å². The van der Waals surface area contributed by atoms with Gasteiger partial charge in [0.15, 0.2) is 0 Å². The largest absolute Gasteiger partial charge is 0.444 e. The zero-order chi connectivity index (χ0) is 11.8. The molecule has 1 saturated heterocycles. The Morgan fingerprint density at radius 2 is 2.24 bits per heavy atom. The summed E-state index contributed by atoms with van der Waals surface area (Å²) in [5.74, 6) is 1.74. The summed E-state index contributed by atoms with van der Waals surface area (Å²) in [7, 11) is 0. The van der Waals surface area contributed by atoms with Gasteiger partial charge in [0.1, 0.15) is 5.76 Å². The summed E-state index contributed by atoms with van der Waals surface area (Å²) in [6.45, 7) is 6.76. The average Bonchev–Trinajstić information content (AvgIpc) is 2.83. The van der Waals surface area contributed by atoms with Crippen LogP contribution in [0.3, 0.4) is 0 Å². The molecule has 5 nitrogen and oxygen atoms in total. The monoisotopic (exact) mass is 232 g/mol. The Balaban J connectivity index is 1.56. The van der Waals surface area contributed by atoms with Crippen LogP contribution in [0.25, 0.3) is 0 Å². The van der Waals surface area contributed by atoms with Crippen LogP contribution >= 0.6 is 0 Å². The van der Waals surface area contributed by atoms with E-state index in [2.05, 4.69) is 15.0 Å². The first kappa shape index (κ1) is 10.5. The fourth-order valence-corrected chi connectivity index (χ4v) is 2.13. The van der Waals surface area contributed by atoms with Crippen molar-refractivity contribution in [2.24, 2.45) is 0 Å². The van der Waals surface area contributed by atoms with Gasteiger partial charge in [0.05, 0.1) is 18.3 Å². The number of hydrogen-bond acceptors (Lipinski definition) is 4. The fraction of sp³-hybridized carbons (Fsp3) is 0.500. The van der Waals surface area contributed by atoms with Crippen molar-refractivity contribution < 1.29 is 4.42 Å². The van der Waals surface area contributed by atoms with Crippen LogP contribution in [0.5, 0.6) is 0 Å². The highest BCUT2D eigenvalue weighted by atomic mass is 16.4. The Labute approximate surface area is 100 Å². The molecule has 0 N–H and O–H groups in total. The molecule has 1 fully saturated rings. The second-order valence-corrected chi connectivity index (χ2v) is 4.58. The summed E-state index contributed by atoms with van der Waals surface area (Å²) in [5.41, 5.74) is 0.990. The van der Waals surface area contributed by atoms with E-state index in [-0.39, 0.29) is 0 Å². The van der Waals surface area contributed by atoms with Gasteiger partial charge < -0.3 is 4.42 Å². The van der Waals surface area contributed by atoms with Crippen LogP contribution in [-0.4, -0.2) is 32.8 Å². The maximum atomic E-state index is 5.57. The molecule has 17 heavy (non-hydrogen) atoms. The third-order valence-corrected chi connectivity index (χ3v) is 3.27. The van der Waals surface area contributed by atoms with E-state index in [9.17, 15) is 0 Å². The molecule has 0 unspecified atom stereocenters. The maximum Gasteiger partial charge on any atom is 0.208 e. The molecule has 2 aromatic heterocycles. The van der Waals surface area contributed by atoms with Crippen molar-refractivity contribution in [1.82, 2.24) is 19.7 Å². The number of likely N-dealkylation sites (tertiary alicyclic amines) is 1. The molecule has 1 aliphatic rings. The highest BCUT2D eigenvalue weighted by Crippen LogP contribution is 2.22. The average molecular weight is 232 g/mol. The molecule has 2 aromatic rings. The lowest BCUT2D eigenvalue weighted by Gasteiger charge is -2.38. The molecule has 90 valence electrons. The van der Waals surface area contributed by atoms with Gasteiger partial charge in [-0.1, -0.05) is 0 Å². The molecular weight excluding hydrogens is 216 g/mol. The Bertz CT molecular complexity index is 477. The summed E-state index contributed by atoms with van der Waals surface area (Å²) < 4.78 is 7.59. The first-order chi connectivity index (χ1) is 8.22. The molecule has 1 aliphatic heterocycles. The normalized spacial score (nSPS) is 17.3. The molecule has 0 radical (unpaired) electrons. The molecule has 0 amide bonds. The molecule has 0 atom stereocenters. The number of oxazole rings is 1. The predicted octanol–water partition coefficient (Wildman–Crippen LogP) is 1.54. The van der Waals surface area contributed by atoms with E-state index < -0.39 is 0 Å². The fourth-order valence-electron chi connectivity index (χ4n) is 2.13. The molecule has 0 aliphatic carbocycles. The summed E-state index contributed by atoms with van der Waals surface area (Å²) in [5, 5.41) is 4.25. The van der Waals surface area contributed by atoms with Gasteiger partial charge in [-0.25, -0.2) is 4.98 Å². The lowest BCUT2D eigenvalue weighted by Crippen LogP contribution is -2.47. The van der Waals surface area contributed by atoms with E-state index in [1.165, 1.54) is 0 Å². The molecule has 0 spiro atoms. The SMILES string of the molecule is Cc1nc(CN2CC(n3cccn3)C2)oc1C. The molecule has 0 aromatic carbocycles. The van der Waals surface area contributed by atoms with Crippen molar-refractivity contribution in [3.05, 3.63) is 35.8 Å². The minimum absolute atomic E-state index is 0.502. The summed E-state index contributed by atoms with van der Waals surface area (Å²) in [6, 6.07) is 2.46. The lowest BCUT2D eigenvalue weighted by atomic mass is 10.1. The van der Waals surface area contributed by atoms with E-state index in [1.807, 2.05) is 37.0 Å². The maximum absolute atomic E-state index is 5.57. The Morgan fingerprint density at radius 1 is 1.41 bits per heavy atom. The first-order valence-corrected chi connectivity index (χ1v) is 5.87. The van der Waals surface area contributed by atoms with Gasteiger partial charge in [0.25, 0.3) is 0 Å². The van der Waals surface area contributed by atoms with Crippen molar-refractivity contribution in [2.75, 3.05) is 13.1 Å². The third kappa shape index (κ3) is 1.98. The van der Waals surface area contributed by atoms with Crippen LogP contribution in [0.15, 0.2) is 22.9 Å². The Morgan fingerprint density at radius 3 is 2.82 bits per heavy atom. The van der Waals surface area contributed by atoms with E-state index in [4.69, 9.17) is 4.42 Å². The second kappa shape index (κ2) is 4.00. The topological polar surface area (TPSA) is 47.1 Å². The smallest absolute Gasteiger partial charge is 0.208 e. The van der Waals surface area contributed by atoms with Gasteiger partial charge in [0, 0.05) is 25.5 Å². The van der Waals surface area contributed by atoms with Crippen molar-refractivity contribution in [3.8, 4) is 0 Å².